The topological polar surface area (TPSA) is 78.4 Å². The van der Waals surface area contributed by atoms with Gasteiger partial charge < -0.3 is 15.7 Å². The second-order valence-corrected chi connectivity index (χ2v) is 5.57. The van der Waals surface area contributed by atoms with Crippen molar-refractivity contribution in [2.45, 2.75) is 38.6 Å². The highest BCUT2D eigenvalue weighted by atomic mass is 16.3. The number of hydrogen-bond donors (Lipinski definition) is 3. The van der Waals surface area contributed by atoms with E-state index in [9.17, 15) is 14.7 Å². The summed E-state index contributed by atoms with van der Waals surface area (Å²) < 4.78 is 0. The Hall–Kier alpha value is -1.88. The molecule has 1 saturated carbocycles. The van der Waals surface area contributed by atoms with E-state index in [1.54, 1.807) is 24.3 Å². The molecule has 0 radical (unpaired) electrons. The minimum atomic E-state index is -0.291. The minimum absolute atomic E-state index is 0.0136. The zero-order chi connectivity index (χ0) is 15.2. The van der Waals surface area contributed by atoms with Crippen molar-refractivity contribution in [2.75, 3.05) is 11.9 Å². The number of nitrogens with one attached hydrogen (secondary N) is 2. The van der Waals surface area contributed by atoms with E-state index in [1.807, 2.05) is 0 Å². The predicted molar refractivity (Wildman–Crippen MR) is 81.4 cm³/mol. The Morgan fingerprint density at radius 1 is 1.29 bits per heavy atom. The number of Topliss-reactive ketones (excluding diaryl/α,β-unsaturated/α-hetero) is 1. The Bertz CT molecular complexity index is 516. The van der Waals surface area contributed by atoms with Crippen molar-refractivity contribution in [1.29, 1.82) is 0 Å². The summed E-state index contributed by atoms with van der Waals surface area (Å²) in [5, 5.41) is 15.0. The number of aliphatic hydroxyl groups excluding tert-OH is 1. The maximum atomic E-state index is 12.0. The van der Waals surface area contributed by atoms with E-state index in [2.05, 4.69) is 10.6 Å². The summed E-state index contributed by atoms with van der Waals surface area (Å²) in [5.41, 5.74) is 1.16. The van der Waals surface area contributed by atoms with Crippen LogP contribution in [-0.4, -0.2) is 29.6 Å². The number of hydrogen-bond acceptors (Lipinski definition) is 3. The predicted octanol–water partition coefficient (Wildman–Crippen LogP) is 2.56. The van der Waals surface area contributed by atoms with Crippen molar-refractivity contribution < 1.29 is 14.7 Å². The van der Waals surface area contributed by atoms with Gasteiger partial charge in [0.2, 0.25) is 0 Å². The van der Waals surface area contributed by atoms with Crippen molar-refractivity contribution in [3.05, 3.63) is 29.8 Å². The monoisotopic (exact) mass is 290 g/mol. The highest BCUT2D eigenvalue weighted by Gasteiger charge is 2.25. The number of carbonyl (C=O) groups excluding carboxylic acids is 2. The van der Waals surface area contributed by atoms with Gasteiger partial charge in [0.05, 0.1) is 0 Å². The number of amides is 2. The summed E-state index contributed by atoms with van der Waals surface area (Å²) in [6.07, 6.45) is 4.01. The van der Waals surface area contributed by atoms with Gasteiger partial charge >= 0.3 is 6.03 Å². The van der Waals surface area contributed by atoms with Crippen molar-refractivity contribution in [3.8, 4) is 0 Å². The molecule has 2 rings (SSSR count). The van der Waals surface area contributed by atoms with Crippen molar-refractivity contribution in [3.63, 3.8) is 0 Å². The number of aliphatic hydroxyl groups is 1. The van der Waals surface area contributed by atoms with E-state index in [4.69, 9.17) is 0 Å². The molecule has 0 aliphatic heterocycles. The minimum Gasteiger partial charge on any atom is -0.396 e. The molecule has 1 aromatic carbocycles. The van der Waals surface area contributed by atoms with Crippen molar-refractivity contribution in [1.82, 2.24) is 5.32 Å². The first-order valence-electron chi connectivity index (χ1n) is 7.39. The zero-order valence-corrected chi connectivity index (χ0v) is 12.3. The number of carbonyl (C=O) groups is 2. The molecule has 114 valence electrons. The lowest BCUT2D eigenvalue weighted by atomic mass is 9.85. The maximum absolute atomic E-state index is 12.0. The van der Waals surface area contributed by atoms with Crippen LogP contribution < -0.4 is 10.6 Å². The number of urea groups is 1. The molecule has 0 spiro atoms. The van der Waals surface area contributed by atoms with E-state index in [0.29, 0.717) is 11.3 Å². The second-order valence-electron chi connectivity index (χ2n) is 5.57. The van der Waals surface area contributed by atoms with Crippen LogP contribution >= 0.6 is 0 Å². The number of ketones is 1. The summed E-state index contributed by atoms with van der Waals surface area (Å²) in [5.74, 6) is 0.0970. The van der Waals surface area contributed by atoms with Gasteiger partial charge in [0, 0.05) is 29.8 Å². The zero-order valence-electron chi connectivity index (χ0n) is 12.3. The fourth-order valence-corrected chi connectivity index (χ4v) is 2.77. The van der Waals surface area contributed by atoms with E-state index in [1.165, 1.54) is 6.92 Å². The maximum Gasteiger partial charge on any atom is 0.319 e. The largest absolute Gasteiger partial charge is 0.396 e. The Labute approximate surface area is 124 Å². The van der Waals surface area contributed by atoms with E-state index in [-0.39, 0.29) is 30.4 Å². The molecule has 3 N–H and O–H groups in total. The van der Waals surface area contributed by atoms with Gasteiger partial charge in [-0.2, -0.15) is 0 Å². The molecule has 21 heavy (non-hydrogen) atoms. The normalized spacial score (nSPS) is 21.6. The van der Waals surface area contributed by atoms with E-state index < -0.39 is 0 Å². The van der Waals surface area contributed by atoms with E-state index in [0.717, 1.165) is 25.7 Å². The average Bonchev–Trinajstić information content (AvgIpc) is 2.48. The standard InChI is InChI=1S/C16H22N2O3/c1-11(20)12-6-4-7-14(9-12)17-16(21)18-15-8-3-2-5-13(15)10-19/h4,6-7,9,13,15,19H,2-3,5,8,10H2,1H3,(H2,17,18,21). The van der Waals surface area contributed by atoms with Gasteiger partial charge in [-0.3, -0.25) is 4.79 Å². The summed E-state index contributed by atoms with van der Waals surface area (Å²) in [7, 11) is 0. The first-order valence-corrected chi connectivity index (χ1v) is 7.39. The Morgan fingerprint density at radius 3 is 2.76 bits per heavy atom. The summed E-state index contributed by atoms with van der Waals surface area (Å²) in [4.78, 5) is 23.4. The number of anilines is 1. The van der Waals surface area contributed by atoms with Crippen LogP contribution in [0, 0.1) is 5.92 Å². The van der Waals surface area contributed by atoms with Crippen LogP contribution in [0.1, 0.15) is 43.0 Å². The summed E-state index contributed by atoms with van der Waals surface area (Å²) >= 11 is 0. The smallest absolute Gasteiger partial charge is 0.319 e. The summed E-state index contributed by atoms with van der Waals surface area (Å²) in [6, 6.07) is 6.58. The molecule has 5 nitrogen and oxygen atoms in total. The molecule has 0 heterocycles. The first kappa shape index (κ1) is 15.5. The van der Waals surface area contributed by atoms with Gasteiger partial charge in [0.25, 0.3) is 0 Å². The summed E-state index contributed by atoms with van der Waals surface area (Å²) in [6.45, 7) is 1.60. The lowest BCUT2D eigenvalue weighted by Gasteiger charge is -2.30. The van der Waals surface area contributed by atoms with E-state index >= 15 is 0 Å². The lowest BCUT2D eigenvalue weighted by Crippen LogP contribution is -2.45. The van der Waals surface area contributed by atoms with Crippen LogP contribution in [0.25, 0.3) is 0 Å². The molecule has 1 aliphatic rings. The quantitative estimate of drug-likeness (QED) is 0.746. The Kier molecular flexibility index (Phi) is 5.33. The van der Waals surface area contributed by atoms with Gasteiger partial charge in [-0.25, -0.2) is 4.79 Å². The lowest BCUT2D eigenvalue weighted by molar-refractivity contribution is 0.101. The van der Waals surface area contributed by atoms with Gasteiger partial charge in [-0.15, -0.1) is 0 Å². The SMILES string of the molecule is CC(=O)c1cccc(NC(=O)NC2CCCCC2CO)c1. The molecule has 1 aliphatic carbocycles. The highest BCUT2D eigenvalue weighted by Crippen LogP contribution is 2.24. The van der Waals surface area contributed by atoms with Crippen molar-refractivity contribution in [2.24, 2.45) is 5.92 Å². The Morgan fingerprint density at radius 2 is 2.05 bits per heavy atom. The second kappa shape index (κ2) is 7.22. The van der Waals surface area contributed by atoms with Gasteiger partial charge in [-0.1, -0.05) is 25.0 Å². The molecule has 2 amide bonds. The average molecular weight is 290 g/mol. The molecule has 1 aromatic rings. The molecule has 1 fully saturated rings. The van der Waals surface area contributed by atoms with Crippen LogP contribution in [0.15, 0.2) is 24.3 Å². The van der Waals surface area contributed by atoms with Crippen LogP contribution in [0.2, 0.25) is 0 Å². The van der Waals surface area contributed by atoms with Crippen LogP contribution in [0.4, 0.5) is 10.5 Å². The molecule has 0 bridgehead atoms. The molecule has 5 heteroatoms. The first-order chi connectivity index (χ1) is 10.1. The van der Waals surface area contributed by atoms with Crippen LogP contribution in [0.5, 0.6) is 0 Å². The third-order valence-electron chi connectivity index (χ3n) is 3.99. The number of rotatable bonds is 4. The fourth-order valence-electron chi connectivity index (χ4n) is 2.77. The van der Waals surface area contributed by atoms with Crippen LogP contribution in [0.3, 0.4) is 0 Å². The molecular formula is C16H22N2O3. The van der Waals surface area contributed by atoms with Gasteiger partial charge in [0.1, 0.15) is 0 Å². The third-order valence-corrected chi connectivity index (χ3v) is 3.99. The molecule has 2 atom stereocenters. The van der Waals surface area contributed by atoms with Gasteiger partial charge in [-0.05, 0) is 31.9 Å². The molecule has 0 aromatic heterocycles. The molecule has 0 saturated heterocycles. The van der Waals surface area contributed by atoms with Crippen molar-refractivity contribution >= 4 is 17.5 Å². The molecule has 2 unspecified atom stereocenters. The number of benzene rings is 1. The highest BCUT2D eigenvalue weighted by molar-refractivity contribution is 5.96. The fraction of sp³-hybridized carbons (Fsp3) is 0.500. The third kappa shape index (κ3) is 4.29. The van der Waals surface area contributed by atoms with Gasteiger partial charge in [0.15, 0.2) is 5.78 Å². The molecular weight excluding hydrogens is 268 g/mol. The Balaban J connectivity index is 1.95. The van der Waals surface area contributed by atoms with Crippen LogP contribution in [-0.2, 0) is 0 Å².